The van der Waals surface area contributed by atoms with Crippen LogP contribution in [0.25, 0.3) is 0 Å². The van der Waals surface area contributed by atoms with E-state index in [4.69, 9.17) is 4.74 Å². The lowest BCUT2D eigenvalue weighted by molar-refractivity contribution is -0.142. The van der Waals surface area contributed by atoms with Gasteiger partial charge >= 0.3 is 0 Å². The molecule has 2 aromatic carbocycles. The van der Waals surface area contributed by atoms with Crippen LogP contribution in [0.1, 0.15) is 58.2 Å². The molecule has 174 valence electrons. The number of carbonyl (C=O) groups excluding carboxylic acids is 2. The molecule has 1 atom stereocenters. The van der Waals surface area contributed by atoms with Crippen molar-refractivity contribution >= 4 is 27.7 Å². The number of carbonyl (C=O) groups is 2. The van der Waals surface area contributed by atoms with E-state index in [9.17, 15) is 9.59 Å². The average Bonchev–Trinajstić information content (AvgIpc) is 2.70. The fraction of sp³-hybridized carbons (Fsp3) is 0.462. The number of nitrogens with one attached hydrogen (secondary N) is 1. The van der Waals surface area contributed by atoms with Gasteiger partial charge in [0.2, 0.25) is 5.91 Å². The zero-order chi connectivity index (χ0) is 24.1. The lowest BCUT2D eigenvalue weighted by atomic mass is 9.87. The van der Waals surface area contributed by atoms with E-state index < -0.39 is 6.04 Å². The number of benzene rings is 2. The van der Waals surface area contributed by atoms with Crippen molar-refractivity contribution in [2.45, 2.75) is 72.5 Å². The lowest BCUT2D eigenvalue weighted by Crippen LogP contribution is -2.50. The molecular weight excluding hydrogens is 468 g/mol. The summed E-state index contributed by atoms with van der Waals surface area (Å²) in [6.07, 6.45) is 0. The molecule has 2 amide bonds. The monoisotopic (exact) mass is 502 g/mol. The predicted octanol–water partition coefficient (Wildman–Crippen LogP) is 5.38. The minimum atomic E-state index is -0.624. The molecule has 0 heterocycles. The number of ether oxygens (including phenoxy) is 1. The summed E-state index contributed by atoms with van der Waals surface area (Å²) in [7, 11) is 0. The van der Waals surface area contributed by atoms with Crippen molar-refractivity contribution in [2.75, 3.05) is 6.61 Å². The van der Waals surface area contributed by atoms with E-state index in [0.717, 1.165) is 15.6 Å². The van der Waals surface area contributed by atoms with Gasteiger partial charge in [-0.2, -0.15) is 0 Å². The summed E-state index contributed by atoms with van der Waals surface area (Å²) in [6.45, 7) is 14.2. The van der Waals surface area contributed by atoms with E-state index >= 15 is 0 Å². The maximum absolute atomic E-state index is 13.2. The van der Waals surface area contributed by atoms with Gasteiger partial charge in [-0.15, -0.1) is 0 Å². The van der Waals surface area contributed by atoms with E-state index in [-0.39, 0.29) is 29.9 Å². The fourth-order valence-electron chi connectivity index (χ4n) is 3.18. The molecule has 0 fully saturated rings. The van der Waals surface area contributed by atoms with Crippen LogP contribution >= 0.6 is 15.9 Å². The van der Waals surface area contributed by atoms with Gasteiger partial charge in [0.05, 0.1) is 4.47 Å². The molecule has 2 rings (SSSR count). The van der Waals surface area contributed by atoms with Gasteiger partial charge in [-0.25, -0.2) is 0 Å². The molecule has 0 unspecified atom stereocenters. The Morgan fingerprint density at radius 3 is 2.22 bits per heavy atom. The highest BCUT2D eigenvalue weighted by Gasteiger charge is 2.27. The smallest absolute Gasteiger partial charge is 0.261 e. The number of aryl methyl sites for hydroxylation is 1. The van der Waals surface area contributed by atoms with E-state index in [2.05, 4.69) is 42.0 Å². The molecule has 2 aromatic rings. The molecule has 0 aliphatic carbocycles. The van der Waals surface area contributed by atoms with Crippen molar-refractivity contribution in [2.24, 2.45) is 0 Å². The minimum absolute atomic E-state index is 0.00480. The number of amides is 2. The van der Waals surface area contributed by atoms with Gasteiger partial charge in [-0.3, -0.25) is 9.59 Å². The van der Waals surface area contributed by atoms with Crippen molar-refractivity contribution in [3.05, 3.63) is 63.6 Å². The summed E-state index contributed by atoms with van der Waals surface area (Å²) in [5, 5.41) is 2.89. The first-order chi connectivity index (χ1) is 14.9. The first kappa shape index (κ1) is 25.9. The Bertz CT molecular complexity index is 933. The first-order valence-corrected chi connectivity index (χ1v) is 11.8. The zero-order valence-electron chi connectivity index (χ0n) is 20.2. The van der Waals surface area contributed by atoms with Crippen LogP contribution < -0.4 is 10.1 Å². The quantitative estimate of drug-likeness (QED) is 0.527. The maximum Gasteiger partial charge on any atom is 0.261 e. The highest BCUT2D eigenvalue weighted by molar-refractivity contribution is 9.10. The third-order valence-corrected chi connectivity index (χ3v) is 5.84. The highest BCUT2D eigenvalue weighted by Crippen LogP contribution is 2.31. The van der Waals surface area contributed by atoms with Crippen molar-refractivity contribution in [3.63, 3.8) is 0 Å². The Hall–Kier alpha value is -2.34. The summed E-state index contributed by atoms with van der Waals surface area (Å²) in [6, 6.07) is 13.2. The first-order valence-electron chi connectivity index (χ1n) is 11.0. The minimum Gasteiger partial charge on any atom is -0.483 e. The molecule has 1 N–H and O–H groups in total. The summed E-state index contributed by atoms with van der Waals surface area (Å²) < 4.78 is 6.64. The zero-order valence-corrected chi connectivity index (χ0v) is 21.7. The number of hydrogen-bond acceptors (Lipinski definition) is 3. The van der Waals surface area contributed by atoms with Crippen LogP contribution in [0.5, 0.6) is 5.75 Å². The summed E-state index contributed by atoms with van der Waals surface area (Å²) in [4.78, 5) is 27.4. The number of rotatable bonds is 8. The molecule has 0 radical (unpaired) electrons. The Labute approximate surface area is 200 Å². The van der Waals surface area contributed by atoms with Crippen LogP contribution in [0.15, 0.2) is 46.9 Å². The van der Waals surface area contributed by atoms with Crippen LogP contribution in [-0.2, 0) is 21.5 Å². The molecule has 6 heteroatoms. The molecule has 0 bridgehead atoms. The van der Waals surface area contributed by atoms with Crippen LogP contribution in [0.4, 0.5) is 0 Å². The second-order valence-electron chi connectivity index (χ2n) is 9.53. The SMILES string of the molecule is Cc1ccc(CN(C(=O)COc2ccc(C(C)(C)C)cc2Br)[C@@H](C)C(=O)NC(C)C)cc1. The van der Waals surface area contributed by atoms with Gasteiger partial charge in [0.25, 0.3) is 5.91 Å². The van der Waals surface area contributed by atoms with Crippen LogP contribution in [-0.4, -0.2) is 35.4 Å². The fourth-order valence-corrected chi connectivity index (χ4v) is 3.68. The largest absolute Gasteiger partial charge is 0.483 e. The van der Waals surface area contributed by atoms with E-state index in [0.29, 0.717) is 12.3 Å². The second-order valence-corrected chi connectivity index (χ2v) is 10.4. The third kappa shape index (κ3) is 7.37. The van der Waals surface area contributed by atoms with E-state index in [1.165, 1.54) is 5.56 Å². The second kappa shape index (κ2) is 11.0. The third-order valence-electron chi connectivity index (χ3n) is 5.22. The van der Waals surface area contributed by atoms with Crippen molar-refractivity contribution < 1.29 is 14.3 Å². The summed E-state index contributed by atoms with van der Waals surface area (Å²) in [5.41, 5.74) is 3.29. The van der Waals surface area contributed by atoms with Gasteiger partial charge < -0.3 is 15.0 Å². The van der Waals surface area contributed by atoms with E-state index in [1.54, 1.807) is 11.8 Å². The molecule has 0 saturated carbocycles. The van der Waals surface area contributed by atoms with Crippen LogP contribution in [0, 0.1) is 6.92 Å². The Balaban J connectivity index is 2.18. The topological polar surface area (TPSA) is 58.6 Å². The Morgan fingerprint density at radius 2 is 1.69 bits per heavy atom. The van der Waals surface area contributed by atoms with Gasteiger partial charge in [0, 0.05) is 12.6 Å². The van der Waals surface area contributed by atoms with Gasteiger partial charge in [0.1, 0.15) is 11.8 Å². The van der Waals surface area contributed by atoms with Crippen LogP contribution in [0.3, 0.4) is 0 Å². The van der Waals surface area contributed by atoms with Crippen molar-refractivity contribution in [3.8, 4) is 5.75 Å². The summed E-state index contributed by atoms with van der Waals surface area (Å²) >= 11 is 3.55. The molecule has 0 aliphatic rings. The highest BCUT2D eigenvalue weighted by atomic mass is 79.9. The number of halogens is 1. The molecular formula is C26H35BrN2O3. The van der Waals surface area contributed by atoms with Gasteiger partial charge in [-0.1, -0.05) is 56.7 Å². The predicted molar refractivity (Wildman–Crippen MR) is 133 cm³/mol. The molecule has 0 aromatic heterocycles. The Kier molecular flexibility index (Phi) is 8.90. The van der Waals surface area contributed by atoms with Crippen molar-refractivity contribution in [1.29, 1.82) is 0 Å². The lowest BCUT2D eigenvalue weighted by Gasteiger charge is -2.29. The van der Waals surface area contributed by atoms with Gasteiger partial charge in [-0.05, 0) is 72.3 Å². The van der Waals surface area contributed by atoms with E-state index in [1.807, 2.05) is 63.2 Å². The molecule has 0 aliphatic heterocycles. The number of nitrogens with zero attached hydrogens (tertiary/aromatic N) is 1. The van der Waals surface area contributed by atoms with Gasteiger partial charge in [0.15, 0.2) is 6.61 Å². The maximum atomic E-state index is 13.2. The Morgan fingerprint density at radius 1 is 1.06 bits per heavy atom. The van der Waals surface area contributed by atoms with Crippen molar-refractivity contribution in [1.82, 2.24) is 10.2 Å². The molecule has 32 heavy (non-hydrogen) atoms. The summed E-state index contributed by atoms with van der Waals surface area (Å²) in [5.74, 6) is 0.167. The normalized spacial score (nSPS) is 12.4. The van der Waals surface area contributed by atoms with Crippen LogP contribution in [0.2, 0.25) is 0 Å². The standard InChI is InChI=1S/C26H35BrN2O3/c1-17(2)28-25(31)19(4)29(15-20-10-8-18(3)9-11-20)24(30)16-32-23-13-12-21(14-22(23)27)26(5,6)7/h8-14,17,19H,15-16H2,1-7H3,(H,28,31)/t19-/m0/s1. The molecule has 0 saturated heterocycles. The molecule has 0 spiro atoms. The number of hydrogen-bond donors (Lipinski definition) is 1. The molecule has 5 nitrogen and oxygen atoms in total. The average molecular weight is 503 g/mol.